The summed E-state index contributed by atoms with van der Waals surface area (Å²) in [5.74, 6) is -0.414. The second-order valence-corrected chi connectivity index (χ2v) is 8.89. The monoisotopic (exact) mass is 430 g/mol. The number of ether oxygens (including phenoxy) is 1. The van der Waals surface area contributed by atoms with Crippen molar-refractivity contribution in [2.24, 2.45) is 0 Å². The first kappa shape index (κ1) is 21.0. The molecule has 0 bridgehead atoms. The minimum atomic E-state index is -0.414. The van der Waals surface area contributed by atoms with Crippen molar-refractivity contribution in [3.63, 3.8) is 0 Å². The normalized spacial score (nSPS) is 11.5. The van der Waals surface area contributed by atoms with Gasteiger partial charge in [0.05, 0.1) is 12.7 Å². The lowest BCUT2D eigenvalue weighted by Crippen LogP contribution is -2.13. The maximum atomic E-state index is 11.8. The highest BCUT2D eigenvalue weighted by atomic mass is 35.5. The van der Waals surface area contributed by atoms with Crippen molar-refractivity contribution in [3.05, 3.63) is 83.4 Å². The van der Waals surface area contributed by atoms with E-state index in [9.17, 15) is 4.79 Å². The molecule has 0 N–H and O–H groups in total. The average molecular weight is 431 g/mol. The number of carbonyl (C=O) groups excluding carboxylic acids is 1. The molecule has 0 saturated carbocycles. The van der Waals surface area contributed by atoms with Gasteiger partial charge in [-0.25, -0.2) is 4.79 Å². The lowest BCUT2D eigenvalue weighted by Gasteiger charge is -2.19. The highest BCUT2D eigenvalue weighted by Gasteiger charge is 2.17. The predicted molar refractivity (Wildman–Crippen MR) is 125 cm³/mol. The molecular weight excluding hydrogens is 408 g/mol. The van der Waals surface area contributed by atoms with Crippen LogP contribution in [-0.4, -0.2) is 23.0 Å². The van der Waals surface area contributed by atoms with Crippen LogP contribution in [0.15, 0.2) is 67.1 Å². The summed E-state index contributed by atoms with van der Waals surface area (Å²) in [6.07, 6.45) is 5.51. The van der Waals surface area contributed by atoms with E-state index in [1.54, 1.807) is 18.3 Å². The zero-order valence-electron chi connectivity index (χ0n) is 17.9. The summed E-state index contributed by atoms with van der Waals surface area (Å²) in [6.45, 7) is 6.46. The van der Waals surface area contributed by atoms with Crippen molar-refractivity contribution in [2.45, 2.75) is 26.2 Å². The number of hydrogen-bond donors (Lipinski definition) is 0. The summed E-state index contributed by atoms with van der Waals surface area (Å²) >= 11 is 6.57. The summed E-state index contributed by atoms with van der Waals surface area (Å²) in [5, 5.41) is 2.60. The minimum absolute atomic E-state index is 0.0575. The Balaban J connectivity index is 1.92. The molecule has 5 heteroatoms. The molecule has 0 spiro atoms. The molecule has 2 aromatic heterocycles. The highest BCUT2D eigenvalue weighted by molar-refractivity contribution is 6.33. The van der Waals surface area contributed by atoms with Crippen LogP contribution >= 0.6 is 11.6 Å². The van der Waals surface area contributed by atoms with E-state index in [1.165, 1.54) is 7.11 Å². The number of methoxy groups -OCH3 is 1. The molecule has 156 valence electrons. The standard InChI is InChI=1S/C26H23ClN2O2/c1-26(2,3)24-14-16(7-10-29-24)22-12-18(11-19-15-28-9-8-20(19)22)21-6-5-17(13-23(21)27)25(30)31-4/h5-15H,1-4H3. The molecule has 2 heterocycles. The van der Waals surface area contributed by atoms with Gasteiger partial charge < -0.3 is 4.74 Å². The summed E-state index contributed by atoms with van der Waals surface area (Å²) < 4.78 is 4.80. The Morgan fingerprint density at radius 1 is 0.935 bits per heavy atom. The summed E-state index contributed by atoms with van der Waals surface area (Å²) in [4.78, 5) is 20.7. The Bertz CT molecular complexity index is 1290. The van der Waals surface area contributed by atoms with E-state index in [0.717, 1.165) is 38.7 Å². The largest absolute Gasteiger partial charge is 0.465 e. The van der Waals surface area contributed by atoms with Crippen molar-refractivity contribution in [1.29, 1.82) is 0 Å². The van der Waals surface area contributed by atoms with Crippen LogP contribution in [0.3, 0.4) is 0 Å². The van der Waals surface area contributed by atoms with Gasteiger partial charge in [0.2, 0.25) is 0 Å². The Labute approximate surface area is 186 Å². The topological polar surface area (TPSA) is 52.1 Å². The molecule has 0 unspecified atom stereocenters. The van der Waals surface area contributed by atoms with Gasteiger partial charge in [0, 0.05) is 45.7 Å². The molecule has 0 aliphatic heterocycles. The van der Waals surface area contributed by atoms with E-state index in [4.69, 9.17) is 16.3 Å². The molecular formula is C26H23ClN2O2. The third-order valence-corrected chi connectivity index (χ3v) is 5.61. The number of halogens is 1. The van der Waals surface area contributed by atoms with Gasteiger partial charge in [-0.3, -0.25) is 9.97 Å². The maximum absolute atomic E-state index is 11.8. The molecule has 31 heavy (non-hydrogen) atoms. The number of nitrogens with zero attached hydrogens (tertiary/aromatic N) is 2. The minimum Gasteiger partial charge on any atom is -0.465 e. The second kappa shape index (κ2) is 8.12. The predicted octanol–water partition coefficient (Wildman–Crippen LogP) is 6.70. The third-order valence-electron chi connectivity index (χ3n) is 5.29. The van der Waals surface area contributed by atoms with Gasteiger partial charge in [0.1, 0.15) is 0 Å². The van der Waals surface area contributed by atoms with Crippen LogP contribution in [-0.2, 0) is 10.2 Å². The van der Waals surface area contributed by atoms with Gasteiger partial charge in [-0.2, -0.15) is 0 Å². The first-order valence-electron chi connectivity index (χ1n) is 10.0. The first-order chi connectivity index (χ1) is 14.8. The Morgan fingerprint density at radius 2 is 1.74 bits per heavy atom. The lowest BCUT2D eigenvalue weighted by molar-refractivity contribution is 0.0600. The van der Waals surface area contributed by atoms with E-state index < -0.39 is 5.97 Å². The Kier molecular flexibility index (Phi) is 5.50. The molecule has 0 amide bonds. The molecule has 0 aliphatic carbocycles. The number of benzene rings is 2. The fraction of sp³-hybridized carbons (Fsp3) is 0.192. The van der Waals surface area contributed by atoms with Gasteiger partial charge in [0.15, 0.2) is 0 Å². The quantitative estimate of drug-likeness (QED) is 0.339. The van der Waals surface area contributed by atoms with E-state index in [-0.39, 0.29) is 5.41 Å². The molecule has 0 fully saturated rings. The van der Waals surface area contributed by atoms with Crippen LogP contribution in [0.1, 0.15) is 36.8 Å². The van der Waals surface area contributed by atoms with Crippen molar-refractivity contribution in [2.75, 3.05) is 7.11 Å². The number of carbonyl (C=O) groups is 1. The number of pyridine rings is 2. The van der Waals surface area contributed by atoms with Gasteiger partial charge in [-0.15, -0.1) is 0 Å². The van der Waals surface area contributed by atoms with Crippen LogP contribution in [0.2, 0.25) is 5.02 Å². The molecule has 2 aromatic carbocycles. The van der Waals surface area contributed by atoms with Gasteiger partial charge in [0.25, 0.3) is 0 Å². The number of hydrogen-bond acceptors (Lipinski definition) is 4. The zero-order valence-corrected chi connectivity index (χ0v) is 18.7. The summed E-state index contributed by atoms with van der Waals surface area (Å²) in [7, 11) is 1.35. The van der Waals surface area contributed by atoms with Gasteiger partial charge >= 0.3 is 5.97 Å². The molecule has 4 aromatic rings. The van der Waals surface area contributed by atoms with Crippen molar-refractivity contribution < 1.29 is 9.53 Å². The number of fused-ring (bicyclic) bond motifs is 1. The number of rotatable bonds is 3. The Morgan fingerprint density at radius 3 is 2.45 bits per heavy atom. The van der Waals surface area contributed by atoms with Crippen LogP contribution in [0, 0.1) is 0 Å². The first-order valence-corrected chi connectivity index (χ1v) is 10.4. The molecule has 0 saturated heterocycles. The third kappa shape index (κ3) is 4.17. The summed E-state index contributed by atoms with van der Waals surface area (Å²) in [5.41, 5.74) is 5.34. The van der Waals surface area contributed by atoms with E-state index in [0.29, 0.717) is 10.6 Å². The van der Waals surface area contributed by atoms with Gasteiger partial charge in [-0.1, -0.05) is 38.4 Å². The molecule has 0 radical (unpaired) electrons. The molecule has 0 atom stereocenters. The molecule has 4 nitrogen and oxygen atoms in total. The van der Waals surface area contributed by atoms with Crippen LogP contribution in [0.5, 0.6) is 0 Å². The molecule has 0 aliphatic rings. The van der Waals surface area contributed by atoms with Crippen LogP contribution in [0.4, 0.5) is 0 Å². The van der Waals surface area contributed by atoms with Crippen LogP contribution < -0.4 is 0 Å². The fourth-order valence-electron chi connectivity index (χ4n) is 3.61. The van der Waals surface area contributed by atoms with E-state index in [2.05, 4.69) is 48.9 Å². The van der Waals surface area contributed by atoms with Crippen LogP contribution in [0.25, 0.3) is 33.0 Å². The SMILES string of the molecule is COC(=O)c1ccc(-c2cc(-c3ccnc(C(C)(C)C)c3)c3ccncc3c2)c(Cl)c1. The van der Waals surface area contributed by atoms with E-state index in [1.807, 2.05) is 30.6 Å². The lowest BCUT2D eigenvalue weighted by atomic mass is 9.88. The zero-order chi connectivity index (χ0) is 22.2. The van der Waals surface area contributed by atoms with Crippen molar-refractivity contribution >= 4 is 28.3 Å². The maximum Gasteiger partial charge on any atom is 0.337 e. The number of esters is 1. The summed E-state index contributed by atoms with van der Waals surface area (Å²) in [6, 6.07) is 15.6. The Hall–Kier alpha value is -3.24. The highest BCUT2D eigenvalue weighted by Crippen LogP contribution is 2.37. The average Bonchev–Trinajstić information content (AvgIpc) is 2.77. The van der Waals surface area contributed by atoms with Crippen molar-refractivity contribution in [3.8, 4) is 22.3 Å². The van der Waals surface area contributed by atoms with Crippen molar-refractivity contribution in [1.82, 2.24) is 9.97 Å². The van der Waals surface area contributed by atoms with E-state index >= 15 is 0 Å². The fourth-order valence-corrected chi connectivity index (χ4v) is 3.90. The van der Waals surface area contributed by atoms with Gasteiger partial charge in [-0.05, 0) is 64.5 Å². The second-order valence-electron chi connectivity index (χ2n) is 8.49. The number of aromatic nitrogens is 2. The smallest absolute Gasteiger partial charge is 0.337 e. The molecule has 4 rings (SSSR count).